The molecule has 1 aliphatic rings. The van der Waals surface area contributed by atoms with Crippen LogP contribution in [0.15, 0.2) is 24.3 Å². The lowest BCUT2D eigenvalue weighted by molar-refractivity contribution is -0.136. The predicted octanol–water partition coefficient (Wildman–Crippen LogP) is 3.17. The van der Waals surface area contributed by atoms with Crippen LogP contribution < -0.4 is 10.5 Å². The maximum atomic E-state index is 12.5. The van der Waals surface area contributed by atoms with Crippen LogP contribution in [-0.4, -0.2) is 37.0 Å². The normalized spacial score (nSPS) is 16.3. The first-order valence-electron chi connectivity index (χ1n) is 8.22. The van der Waals surface area contributed by atoms with Crippen molar-refractivity contribution in [1.82, 2.24) is 4.90 Å². The van der Waals surface area contributed by atoms with Gasteiger partial charge in [0.05, 0.1) is 12.6 Å². The molecule has 130 valence electrons. The molecule has 4 nitrogen and oxygen atoms in total. The molecule has 0 saturated heterocycles. The molecule has 1 aromatic rings. The Morgan fingerprint density at radius 2 is 1.83 bits per heavy atom. The van der Waals surface area contributed by atoms with E-state index in [0.29, 0.717) is 0 Å². The molecule has 2 N–H and O–H groups in total. The number of methoxy groups -OCH3 is 1. The fourth-order valence-corrected chi connectivity index (χ4v) is 3.19. The van der Waals surface area contributed by atoms with Gasteiger partial charge in [0.1, 0.15) is 5.75 Å². The molecule has 0 unspecified atom stereocenters. The molecule has 23 heavy (non-hydrogen) atoms. The number of aryl methyl sites for hydroxylation is 1. The number of carbonyl (C=O) groups is 1. The minimum absolute atomic E-state index is 0. The minimum Gasteiger partial charge on any atom is -0.497 e. The molecule has 2 rings (SSSR count). The number of hydrogen-bond donors (Lipinski definition) is 1. The number of nitrogens with zero attached hydrogens (tertiary/aromatic N) is 1. The lowest BCUT2D eigenvalue weighted by atomic mass is 9.81. The van der Waals surface area contributed by atoms with Crippen molar-refractivity contribution in [3.05, 3.63) is 29.8 Å². The maximum Gasteiger partial charge on any atom is 0.242 e. The van der Waals surface area contributed by atoms with Crippen molar-refractivity contribution in [3.63, 3.8) is 0 Å². The molecule has 0 radical (unpaired) electrons. The topological polar surface area (TPSA) is 55.6 Å². The molecule has 1 aliphatic carbocycles. The summed E-state index contributed by atoms with van der Waals surface area (Å²) in [6.45, 7) is 0.754. The summed E-state index contributed by atoms with van der Waals surface area (Å²) in [5.74, 6) is 0.986. The largest absolute Gasteiger partial charge is 0.497 e. The van der Waals surface area contributed by atoms with Gasteiger partial charge in [-0.2, -0.15) is 0 Å². The second kappa shape index (κ2) is 9.14. The molecule has 0 bridgehead atoms. The third kappa shape index (κ3) is 5.40. The van der Waals surface area contributed by atoms with E-state index >= 15 is 0 Å². The summed E-state index contributed by atoms with van der Waals surface area (Å²) < 4.78 is 5.15. The Bertz CT molecular complexity index is 484. The van der Waals surface area contributed by atoms with E-state index in [1.165, 1.54) is 12.0 Å². The van der Waals surface area contributed by atoms with Crippen LogP contribution in [-0.2, 0) is 11.2 Å². The van der Waals surface area contributed by atoms with Crippen LogP contribution >= 0.6 is 12.4 Å². The average Bonchev–Trinajstić information content (AvgIpc) is 2.55. The molecule has 1 amide bonds. The average molecular weight is 341 g/mol. The molecule has 0 atom stereocenters. The summed E-state index contributed by atoms with van der Waals surface area (Å²) in [4.78, 5) is 14.3. The fourth-order valence-electron chi connectivity index (χ4n) is 3.19. The van der Waals surface area contributed by atoms with Gasteiger partial charge >= 0.3 is 0 Å². The van der Waals surface area contributed by atoms with Gasteiger partial charge in [-0.1, -0.05) is 31.4 Å². The van der Waals surface area contributed by atoms with Crippen LogP contribution in [0, 0.1) is 0 Å². The van der Waals surface area contributed by atoms with E-state index in [-0.39, 0.29) is 18.3 Å². The molecule has 0 aliphatic heterocycles. The number of ether oxygens (including phenoxy) is 1. The lowest BCUT2D eigenvalue weighted by Crippen LogP contribution is -2.55. The number of rotatable bonds is 6. The third-order valence-corrected chi connectivity index (χ3v) is 4.64. The highest BCUT2D eigenvalue weighted by Gasteiger charge is 2.36. The Morgan fingerprint density at radius 3 is 2.39 bits per heavy atom. The van der Waals surface area contributed by atoms with E-state index in [1.807, 2.05) is 24.1 Å². The first kappa shape index (κ1) is 19.8. The molecule has 1 fully saturated rings. The van der Waals surface area contributed by atoms with Gasteiger partial charge < -0.3 is 15.4 Å². The zero-order chi connectivity index (χ0) is 16.0. The van der Waals surface area contributed by atoms with Gasteiger partial charge in [-0.15, -0.1) is 12.4 Å². The predicted molar refractivity (Wildman–Crippen MR) is 96.2 cm³/mol. The van der Waals surface area contributed by atoms with Crippen LogP contribution in [0.5, 0.6) is 5.75 Å². The van der Waals surface area contributed by atoms with Crippen molar-refractivity contribution in [2.45, 2.75) is 50.5 Å². The zero-order valence-corrected chi connectivity index (χ0v) is 15.0. The summed E-state index contributed by atoms with van der Waals surface area (Å²) in [5, 5.41) is 0. The third-order valence-electron chi connectivity index (χ3n) is 4.64. The van der Waals surface area contributed by atoms with E-state index < -0.39 is 5.54 Å². The van der Waals surface area contributed by atoms with E-state index in [1.54, 1.807) is 7.11 Å². The van der Waals surface area contributed by atoms with E-state index in [9.17, 15) is 4.79 Å². The fraction of sp³-hybridized carbons (Fsp3) is 0.611. The SMILES string of the molecule is COc1ccc(CCCN(C)C(=O)C2(N)CCCCC2)cc1.Cl. The van der Waals surface area contributed by atoms with Gasteiger partial charge in [-0.3, -0.25) is 4.79 Å². The molecular weight excluding hydrogens is 312 g/mol. The van der Waals surface area contributed by atoms with Crippen LogP contribution in [0.4, 0.5) is 0 Å². The Balaban J connectivity index is 0.00000264. The van der Waals surface area contributed by atoms with E-state index in [0.717, 1.165) is 50.8 Å². The highest BCUT2D eigenvalue weighted by molar-refractivity contribution is 5.86. The van der Waals surface area contributed by atoms with Crippen LogP contribution in [0.3, 0.4) is 0 Å². The molecule has 5 heteroatoms. The Kier molecular flexibility index (Phi) is 7.86. The van der Waals surface area contributed by atoms with Crippen molar-refractivity contribution in [2.75, 3.05) is 20.7 Å². The Morgan fingerprint density at radius 1 is 1.22 bits per heavy atom. The molecule has 0 aromatic heterocycles. The van der Waals surface area contributed by atoms with Gasteiger partial charge in [-0.05, 0) is 43.4 Å². The van der Waals surface area contributed by atoms with Gasteiger partial charge in [0, 0.05) is 13.6 Å². The molecule has 1 aromatic carbocycles. The smallest absolute Gasteiger partial charge is 0.242 e. The minimum atomic E-state index is -0.618. The number of nitrogens with two attached hydrogens (primary N) is 1. The molecule has 0 spiro atoms. The second-order valence-electron chi connectivity index (χ2n) is 6.40. The van der Waals surface area contributed by atoms with Gasteiger partial charge in [0.25, 0.3) is 0 Å². The monoisotopic (exact) mass is 340 g/mol. The molecular formula is C18H29ClN2O2. The first-order chi connectivity index (χ1) is 10.5. The van der Waals surface area contributed by atoms with Gasteiger partial charge in [0.15, 0.2) is 0 Å². The van der Waals surface area contributed by atoms with E-state index in [2.05, 4.69) is 12.1 Å². The summed E-state index contributed by atoms with van der Waals surface area (Å²) in [5.41, 5.74) is 6.96. The Hall–Kier alpha value is -1.26. The maximum absolute atomic E-state index is 12.5. The summed E-state index contributed by atoms with van der Waals surface area (Å²) in [7, 11) is 3.54. The van der Waals surface area contributed by atoms with Gasteiger partial charge in [0.2, 0.25) is 5.91 Å². The number of hydrogen-bond acceptors (Lipinski definition) is 3. The van der Waals surface area contributed by atoms with E-state index in [4.69, 9.17) is 10.5 Å². The van der Waals surface area contributed by atoms with Crippen LogP contribution in [0.25, 0.3) is 0 Å². The molecule has 1 saturated carbocycles. The standard InChI is InChI=1S/C18H28N2O2.ClH/c1-20(17(21)18(19)12-4-3-5-13-18)14-6-7-15-8-10-16(22-2)11-9-15;/h8-11H,3-7,12-14,19H2,1-2H3;1H. The summed E-state index contributed by atoms with van der Waals surface area (Å²) >= 11 is 0. The van der Waals surface area contributed by atoms with Crippen molar-refractivity contribution in [2.24, 2.45) is 5.73 Å². The first-order valence-corrected chi connectivity index (χ1v) is 8.22. The van der Waals surface area contributed by atoms with Crippen molar-refractivity contribution < 1.29 is 9.53 Å². The number of benzene rings is 1. The number of likely N-dealkylation sites (N-methyl/N-ethyl adjacent to an activating group) is 1. The van der Waals surface area contributed by atoms with Crippen LogP contribution in [0.1, 0.15) is 44.1 Å². The summed E-state index contributed by atoms with van der Waals surface area (Å²) in [6.07, 6.45) is 6.91. The van der Waals surface area contributed by atoms with Gasteiger partial charge in [-0.25, -0.2) is 0 Å². The summed E-state index contributed by atoms with van der Waals surface area (Å²) in [6, 6.07) is 8.10. The Labute approximate surface area is 145 Å². The quantitative estimate of drug-likeness (QED) is 0.865. The second-order valence-corrected chi connectivity index (χ2v) is 6.40. The highest BCUT2D eigenvalue weighted by Crippen LogP contribution is 2.27. The van der Waals surface area contributed by atoms with Crippen molar-refractivity contribution >= 4 is 18.3 Å². The number of halogens is 1. The zero-order valence-electron chi connectivity index (χ0n) is 14.2. The van der Waals surface area contributed by atoms with Crippen LogP contribution in [0.2, 0.25) is 0 Å². The molecule has 0 heterocycles. The number of amides is 1. The van der Waals surface area contributed by atoms with Crippen molar-refractivity contribution in [3.8, 4) is 5.75 Å². The number of carbonyl (C=O) groups excluding carboxylic acids is 1. The lowest BCUT2D eigenvalue weighted by Gasteiger charge is -2.35. The highest BCUT2D eigenvalue weighted by atomic mass is 35.5. The van der Waals surface area contributed by atoms with Crippen molar-refractivity contribution in [1.29, 1.82) is 0 Å².